The van der Waals surface area contributed by atoms with E-state index in [9.17, 15) is 0 Å². The molecular formula is C18H20N2O. The van der Waals surface area contributed by atoms with Crippen LogP contribution in [-0.2, 0) is 6.54 Å². The van der Waals surface area contributed by atoms with E-state index in [0.29, 0.717) is 12.2 Å². The maximum atomic E-state index is 8.74. The predicted molar refractivity (Wildman–Crippen MR) is 84.2 cm³/mol. The van der Waals surface area contributed by atoms with Gasteiger partial charge in [-0.15, -0.1) is 0 Å². The Bertz CT molecular complexity index is 599. The molecule has 0 aliphatic carbocycles. The highest BCUT2D eigenvalue weighted by atomic mass is 16.5. The summed E-state index contributed by atoms with van der Waals surface area (Å²) in [6.07, 6.45) is 0.963. The fraction of sp³-hybridized carbons (Fsp3) is 0.278. The van der Waals surface area contributed by atoms with E-state index in [-0.39, 0.29) is 0 Å². The Morgan fingerprint density at radius 1 is 1.10 bits per heavy atom. The number of ether oxygens (including phenoxy) is 1. The summed E-state index contributed by atoms with van der Waals surface area (Å²) in [6.45, 7) is 4.49. The SMILES string of the molecule is Cc1ccccc1OCCCNCc1ccc(C#N)cc1. The maximum absolute atomic E-state index is 8.74. The first-order valence-corrected chi connectivity index (χ1v) is 7.18. The maximum Gasteiger partial charge on any atom is 0.122 e. The van der Waals surface area contributed by atoms with Gasteiger partial charge < -0.3 is 10.1 Å². The second-order valence-electron chi connectivity index (χ2n) is 4.95. The van der Waals surface area contributed by atoms with Crippen molar-refractivity contribution in [3.05, 3.63) is 65.2 Å². The average molecular weight is 280 g/mol. The van der Waals surface area contributed by atoms with Crippen LogP contribution in [0.25, 0.3) is 0 Å². The molecule has 0 unspecified atom stereocenters. The highest BCUT2D eigenvalue weighted by Gasteiger charge is 1.97. The Labute approximate surface area is 126 Å². The van der Waals surface area contributed by atoms with Crippen molar-refractivity contribution in [2.45, 2.75) is 19.9 Å². The minimum atomic E-state index is 0.699. The van der Waals surface area contributed by atoms with Gasteiger partial charge >= 0.3 is 0 Å². The van der Waals surface area contributed by atoms with E-state index < -0.39 is 0 Å². The summed E-state index contributed by atoms with van der Waals surface area (Å²) in [5.74, 6) is 0.963. The van der Waals surface area contributed by atoms with E-state index in [4.69, 9.17) is 10.00 Å². The van der Waals surface area contributed by atoms with Gasteiger partial charge in [-0.2, -0.15) is 5.26 Å². The van der Waals surface area contributed by atoms with E-state index in [1.807, 2.05) is 42.5 Å². The molecule has 0 bridgehead atoms. The van der Waals surface area contributed by atoms with Gasteiger partial charge in [0.25, 0.3) is 0 Å². The molecule has 0 spiro atoms. The molecule has 0 amide bonds. The molecule has 108 valence electrons. The van der Waals surface area contributed by atoms with Crippen molar-refractivity contribution in [3.8, 4) is 11.8 Å². The quantitative estimate of drug-likeness (QED) is 0.790. The number of nitrogens with zero attached hydrogens (tertiary/aromatic N) is 1. The van der Waals surface area contributed by atoms with E-state index in [0.717, 1.165) is 25.3 Å². The third kappa shape index (κ3) is 4.94. The number of hydrogen-bond donors (Lipinski definition) is 1. The molecule has 0 aliphatic heterocycles. The summed E-state index contributed by atoms with van der Waals surface area (Å²) in [7, 11) is 0. The lowest BCUT2D eigenvalue weighted by Crippen LogP contribution is -2.17. The van der Waals surface area contributed by atoms with Gasteiger partial charge in [0, 0.05) is 6.54 Å². The summed E-state index contributed by atoms with van der Waals surface area (Å²) < 4.78 is 5.74. The molecule has 0 aliphatic rings. The normalized spacial score (nSPS) is 10.1. The van der Waals surface area contributed by atoms with Crippen LogP contribution in [0.3, 0.4) is 0 Å². The Morgan fingerprint density at radius 3 is 2.57 bits per heavy atom. The monoisotopic (exact) mass is 280 g/mol. The molecule has 0 radical (unpaired) electrons. The van der Waals surface area contributed by atoms with Crippen molar-refractivity contribution in [2.24, 2.45) is 0 Å². The topological polar surface area (TPSA) is 45.0 Å². The molecule has 0 atom stereocenters. The molecule has 0 saturated heterocycles. The second kappa shape index (κ2) is 8.08. The summed E-state index contributed by atoms with van der Waals surface area (Å²) in [4.78, 5) is 0. The molecule has 2 aromatic rings. The molecule has 0 heterocycles. The van der Waals surface area contributed by atoms with E-state index in [1.54, 1.807) is 0 Å². The van der Waals surface area contributed by atoms with Crippen LogP contribution in [0.5, 0.6) is 5.75 Å². The third-order valence-electron chi connectivity index (χ3n) is 3.26. The Morgan fingerprint density at radius 2 is 1.86 bits per heavy atom. The van der Waals surface area contributed by atoms with Gasteiger partial charge in [0.2, 0.25) is 0 Å². The molecule has 1 N–H and O–H groups in total. The summed E-state index contributed by atoms with van der Waals surface area (Å²) in [5, 5.41) is 12.1. The molecule has 3 heteroatoms. The zero-order valence-electron chi connectivity index (χ0n) is 12.3. The highest BCUT2D eigenvalue weighted by molar-refractivity contribution is 5.32. The Kier molecular flexibility index (Phi) is 5.81. The predicted octanol–water partition coefficient (Wildman–Crippen LogP) is 3.43. The molecule has 0 saturated carbocycles. The largest absolute Gasteiger partial charge is 0.493 e. The lowest BCUT2D eigenvalue weighted by atomic mass is 10.1. The lowest BCUT2D eigenvalue weighted by molar-refractivity contribution is 0.306. The van der Waals surface area contributed by atoms with Gasteiger partial charge in [0.15, 0.2) is 0 Å². The summed E-state index contributed by atoms with van der Waals surface area (Å²) >= 11 is 0. The van der Waals surface area contributed by atoms with Crippen LogP contribution in [0.4, 0.5) is 0 Å². The number of benzene rings is 2. The smallest absolute Gasteiger partial charge is 0.122 e. The van der Waals surface area contributed by atoms with E-state index in [2.05, 4.69) is 24.4 Å². The first-order chi connectivity index (χ1) is 10.3. The van der Waals surface area contributed by atoms with Crippen LogP contribution in [0.15, 0.2) is 48.5 Å². The highest BCUT2D eigenvalue weighted by Crippen LogP contribution is 2.15. The van der Waals surface area contributed by atoms with Gasteiger partial charge in [-0.25, -0.2) is 0 Å². The Hall–Kier alpha value is -2.31. The molecule has 0 aromatic heterocycles. The lowest BCUT2D eigenvalue weighted by Gasteiger charge is -2.09. The number of nitrogens with one attached hydrogen (secondary N) is 1. The van der Waals surface area contributed by atoms with Crippen molar-refractivity contribution in [3.63, 3.8) is 0 Å². The van der Waals surface area contributed by atoms with Crippen LogP contribution in [0.2, 0.25) is 0 Å². The fourth-order valence-electron chi connectivity index (χ4n) is 2.03. The minimum Gasteiger partial charge on any atom is -0.493 e. The zero-order chi connectivity index (χ0) is 14.9. The van der Waals surface area contributed by atoms with Crippen molar-refractivity contribution < 1.29 is 4.74 Å². The number of nitriles is 1. The first-order valence-electron chi connectivity index (χ1n) is 7.18. The van der Waals surface area contributed by atoms with Crippen LogP contribution < -0.4 is 10.1 Å². The number of para-hydroxylation sites is 1. The summed E-state index contributed by atoms with van der Waals surface area (Å²) in [6, 6.07) is 17.8. The van der Waals surface area contributed by atoms with Crippen molar-refractivity contribution in [2.75, 3.05) is 13.2 Å². The molecular weight excluding hydrogens is 260 g/mol. The molecule has 3 nitrogen and oxygen atoms in total. The van der Waals surface area contributed by atoms with Crippen LogP contribution in [0, 0.1) is 18.3 Å². The molecule has 2 rings (SSSR count). The van der Waals surface area contributed by atoms with Gasteiger partial charge in [0.1, 0.15) is 5.75 Å². The standard InChI is InChI=1S/C18H20N2O/c1-15-5-2-3-6-18(15)21-12-4-11-20-14-17-9-7-16(13-19)8-10-17/h2-3,5-10,20H,4,11-12,14H2,1H3. The zero-order valence-corrected chi connectivity index (χ0v) is 12.3. The number of rotatable bonds is 7. The third-order valence-corrected chi connectivity index (χ3v) is 3.26. The number of hydrogen-bond acceptors (Lipinski definition) is 3. The van der Waals surface area contributed by atoms with Gasteiger partial charge in [-0.1, -0.05) is 30.3 Å². The van der Waals surface area contributed by atoms with Crippen molar-refractivity contribution >= 4 is 0 Å². The molecule has 21 heavy (non-hydrogen) atoms. The van der Waals surface area contributed by atoms with Gasteiger partial charge in [0.05, 0.1) is 18.2 Å². The van der Waals surface area contributed by atoms with Gasteiger partial charge in [-0.05, 0) is 49.2 Å². The first kappa shape index (κ1) is 15.1. The second-order valence-corrected chi connectivity index (χ2v) is 4.95. The Balaban J connectivity index is 1.62. The number of aryl methyl sites for hydroxylation is 1. The summed E-state index contributed by atoms with van der Waals surface area (Å²) in [5.41, 5.74) is 3.06. The fourth-order valence-corrected chi connectivity index (χ4v) is 2.03. The average Bonchev–Trinajstić information content (AvgIpc) is 2.53. The van der Waals surface area contributed by atoms with Gasteiger partial charge in [-0.3, -0.25) is 0 Å². The molecule has 2 aromatic carbocycles. The van der Waals surface area contributed by atoms with E-state index >= 15 is 0 Å². The minimum absolute atomic E-state index is 0.699. The van der Waals surface area contributed by atoms with Crippen molar-refractivity contribution in [1.82, 2.24) is 5.32 Å². The van der Waals surface area contributed by atoms with Crippen LogP contribution in [0.1, 0.15) is 23.1 Å². The van der Waals surface area contributed by atoms with Crippen molar-refractivity contribution in [1.29, 1.82) is 5.26 Å². The van der Waals surface area contributed by atoms with Crippen LogP contribution >= 0.6 is 0 Å². The van der Waals surface area contributed by atoms with Crippen LogP contribution in [-0.4, -0.2) is 13.2 Å². The molecule has 0 fully saturated rings. The van der Waals surface area contributed by atoms with E-state index in [1.165, 1.54) is 11.1 Å².